The molecule has 6 heteroatoms. The van der Waals surface area contributed by atoms with Gasteiger partial charge in [-0.2, -0.15) is 0 Å². The molecule has 3 amide bonds. The standard InChI is InChI=1S/C18H25N3O3/c1-3-5-13(2)20-16(22)12-19-18(24)14-7-9-15(10-8-14)21-11-4-6-17(21)23/h7-10,13H,3-6,11-12H2,1-2H3,(H,19,24)(H,20,22). The third-order valence-corrected chi connectivity index (χ3v) is 4.05. The topological polar surface area (TPSA) is 78.5 Å². The van der Waals surface area contributed by atoms with Gasteiger partial charge in [0.1, 0.15) is 0 Å². The summed E-state index contributed by atoms with van der Waals surface area (Å²) in [6.07, 6.45) is 3.36. The van der Waals surface area contributed by atoms with Gasteiger partial charge >= 0.3 is 0 Å². The second-order valence-corrected chi connectivity index (χ2v) is 6.14. The lowest BCUT2D eigenvalue weighted by Crippen LogP contribution is -2.40. The molecule has 1 atom stereocenters. The molecule has 24 heavy (non-hydrogen) atoms. The lowest BCUT2D eigenvalue weighted by atomic mass is 10.2. The molecule has 0 radical (unpaired) electrons. The van der Waals surface area contributed by atoms with E-state index in [1.807, 2.05) is 6.92 Å². The van der Waals surface area contributed by atoms with Gasteiger partial charge in [-0.05, 0) is 44.0 Å². The quantitative estimate of drug-likeness (QED) is 0.800. The number of carbonyl (C=O) groups is 3. The van der Waals surface area contributed by atoms with Crippen molar-refractivity contribution in [3.8, 4) is 0 Å². The van der Waals surface area contributed by atoms with Crippen LogP contribution in [0.3, 0.4) is 0 Å². The summed E-state index contributed by atoms with van der Waals surface area (Å²) in [6.45, 7) is 4.69. The molecule has 1 aliphatic rings. The van der Waals surface area contributed by atoms with Gasteiger partial charge in [0.2, 0.25) is 11.8 Å². The predicted molar refractivity (Wildman–Crippen MR) is 92.9 cm³/mol. The van der Waals surface area contributed by atoms with E-state index in [-0.39, 0.29) is 30.3 Å². The van der Waals surface area contributed by atoms with E-state index >= 15 is 0 Å². The molecule has 0 bridgehead atoms. The van der Waals surface area contributed by atoms with E-state index in [1.165, 1.54) is 0 Å². The fraction of sp³-hybridized carbons (Fsp3) is 0.500. The molecule has 1 aromatic carbocycles. The highest BCUT2D eigenvalue weighted by molar-refractivity contribution is 5.98. The van der Waals surface area contributed by atoms with Crippen molar-refractivity contribution in [2.45, 2.75) is 45.6 Å². The Morgan fingerprint density at radius 1 is 1.25 bits per heavy atom. The fourth-order valence-electron chi connectivity index (χ4n) is 2.81. The van der Waals surface area contributed by atoms with Crippen molar-refractivity contribution in [2.24, 2.45) is 0 Å². The number of nitrogens with one attached hydrogen (secondary N) is 2. The summed E-state index contributed by atoms with van der Waals surface area (Å²) in [7, 11) is 0. The van der Waals surface area contributed by atoms with Crippen LogP contribution < -0.4 is 15.5 Å². The van der Waals surface area contributed by atoms with Gasteiger partial charge in [0, 0.05) is 30.3 Å². The van der Waals surface area contributed by atoms with Gasteiger partial charge in [0.25, 0.3) is 5.91 Å². The average Bonchev–Trinajstić information content (AvgIpc) is 2.99. The molecular weight excluding hydrogens is 306 g/mol. The van der Waals surface area contributed by atoms with Crippen LogP contribution in [0.15, 0.2) is 24.3 Å². The molecule has 6 nitrogen and oxygen atoms in total. The van der Waals surface area contributed by atoms with Crippen LogP contribution in [0.25, 0.3) is 0 Å². The van der Waals surface area contributed by atoms with Crippen LogP contribution in [0, 0.1) is 0 Å². The Bertz CT molecular complexity index is 598. The van der Waals surface area contributed by atoms with Gasteiger partial charge in [0.05, 0.1) is 6.54 Å². The van der Waals surface area contributed by atoms with E-state index < -0.39 is 0 Å². The first-order valence-corrected chi connectivity index (χ1v) is 8.49. The molecule has 2 rings (SSSR count). The summed E-state index contributed by atoms with van der Waals surface area (Å²) in [5.74, 6) is -0.374. The molecule has 2 N–H and O–H groups in total. The predicted octanol–water partition coefficient (Wildman–Crippen LogP) is 1.85. The number of nitrogens with zero attached hydrogens (tertiary/aromatic N) is 1. The largest absolute Gasteiger partial charge is 0.352 e. The maximum atomic E-state index is 12.1. The minimum atomic E-state index is -0.299. The van der Waals surface area contributed by atoms with E-state index in [0.717, 1.165) is 31.5 Å². The minimum Gasteiger partial charge on any atom is -0.352 e. The van der Waals surface area contributed by atoms with Gasteiger partial charge in [0.15, 0.2) is 0 Å². The Kier molecular flexibility index (Phi) is 6.35. The van der Waals surface area contributed by atoms with Gasteiger partial charge < -0.3 is 15.5 Å². The summed E-state index contributed by atoms with van der Waals surface area (Å²) in [6, 6.07) is 6.99. The second kappa shape index (κ2) is 8.47. The number of hydrogen-bond donors (Lipinski definition) is 2. The fourth-order valence-corrected chi connectivity index (χ4v) is 2.81. The Labute approximate surface area is 142 Å². The van der Waals surface area contributed by atoms with Crippen molar-refractivity contribution in [1.82, 2.24) is 10.6 Å². The SMILES string of the molecule is CCCC(C)NC(=O)CNC(=O)c1ccc(N2CCCC2=O)cc1. The monoisotopic (exact) mass is 331 g/mol. The number of anilines is 1. The van der Waals surface area contributed by atoms with E-state index in [1.54, 1.807) is 29.2 Å². The van der Waals surface area contributed by atoms with Crippen LogP contribution in [0.4, 0.5) is 5.69 Å². The molecule has 1 aromatic rings. The molecule has 1 unspecified atom stereocenters. The van der Waals surface area contributed by atoms with Crippen molar-refractivity contribution in [3.63, 3.8) is 0 Å². The molecule has 1 fully saturated rings. The van der Waals surface area contributed by atoms with Crippen LogP contribution in [0.2, 0.25) is 0 Å². The van der Waals surface area contributed by atoms with E-state index in [2.05, 4.69) is 17.6 Å². The normalized spacial score (nSPS) is 15.2. The van der Waals surface area contributed by atoms with Gasteiger partial charge in [-0.15, -0.1) is 0 Å². The van der Waals surface area contributed by atoms with E-state index in [9.17, 15) is 14.4 Å². The first kappa shape index (κ1) is 18.0. The zero-order chi connectivity index (χ0) is 17.5. The molecule has 0 aliphatic carbocycles. The maximum Gasteiger partial charge on any atom is 0.251 e. The number of carbonyl (C=O) groups excluding carboxylic acids is 3. The van der Waals surface area contributed by atoms with Crippen LogP contribution in [0.1, 0.15) is 49.9 Å². The van der Waals surface area contributed by atoms with Gasteiger partial charge in [-0.3, -0.25) is 14.4 Å². The highest BCUT2D eigenvalue weighted by Crippen LogP contribution is 2.21. The summed E-state index contributed by atoms with van der Waals surface area (Å²) in [5, 5.41) is 5.45. The second-order valence-electron chi connectivity index (χ2n) is 6.14. The zero-order valence-corrected chi connectivity index (χ0v) is 14.3. The first-order chi connectivity index (χ1) is 11.5. The zero-order valence-electron chi connectivity index (χ0n) is 14.3. The first-order valence-electron chi connectivity index (χ1n) is 8.49. The minimum absolute atomic E-state index is 0.0424. The Morgan fingerprint density at radius 2 is 1.96 bits per heavy atom. The number of amides is 3. The molecule has 1 aliphatic heterocycles. The van der Waals surface area contributed by atoms with Crippen molar-refractivity contribution in [2.75, 3.05) is 18.0 Å². The summed E-state index contributed by atoms with van der Waals surface area (Å²) < 4.78 is 0. The Hall–Kier alpha value is -2.37. The number of hydrogen-bond acceptors (Lipinski definition) is 3. The van der Waals surface area contributed by atoms with Crippen LogP contribution in [0.5, 0.6) is 0 Å². The van der Waals surface area contributed by atoms with Gasteiger partial charge in [-0.25, -0.2) is 0 Å². The van der Waals surface area contributed by atoms with Crippen molar-refractivity contribution in [1.29, 1.82) is 0 Å². The number of rotatable bonds is 7. The summed E-state index contributed by atoms with van der Waals surface area (Å²) in [5.41, 5.74) is 1.28. The molecule has 0 spiro atoms. The van der Waals surface area contributed by atoms with Crippen molar-refractivity contribution in [3.05, 3.63) is 29.8 Å². The molecular formula is C18H25N3O3. The highest BCUT2D eigenvalue weighted by Gasteiger charge is 2.21. The molecule has 130 valence electrons. The Balaban J connectivity index is 1.84. The third-order valence-electron chi connectivity index (χ3n) is 4.05. The van der Waals surface area contributed by atoms with Crippen molar-refractivity contribution >= 4 is 23.4 Å². The lowest BCUT2D eigenvalue weighted by molar-refractivity contribution is -0.120. The number of benzene rings is 1. The average molecular weight is 331 g/mol. The molecule has 1 heterocycles. The molecule has 0 saturated carbocycles. The van der Waals surface area contributed by atoms with Crippen LogP contribution in [-0.4, -0.2) is 36.9 Å². The highest BCUT2D eigenvalue weighted by atomic mass is 16.2. The lowest BCUT2D eigenvalue weighted by Gasteiger charge is -2.16. The maximum absolute atomic E-state index is 12.1. The van der Waals surface area contributed by atoms with E-state index in [4.69, 9.17) is 0 Å². The smallest absolute Gasteiger partial charge is 0.251 e. The summed E-state index contributed by atoms with van der Waals surface area (Å²) in [4.78, 5) is 37.3. The molecule has 1 saturated heterocycles. The summed E-state index contributed by atoms with van der Waals surface area (Å²) >= 11 is 0. The van der Waals surface area contributed by atoms with Crippen LogP contribution in [-0.2, 0) is 9.59 Å². The van der Waals surface area contributed by atoms with Crippen molar-refractivity contribution < 1.29 is 14.4 Å². The third kappa shape index (κ3) is 4.81. The van der Waals surface area contributed by atoms with Gasteiger partial charge in [-0.1, -0.05) is 13.3 Å². The van der Waals surface area contributed by atoms with E-state index in [0.29, 0.717) is 12.0 Å². The van der Waals surface area contributed by atoms with Crippen LogP contribution >= 0.6 is 0 Å². The molecule has 0 aromatic heterocycles. The Morgan fingerprint density at radius 3 is 2.54 bits per heavy atom.